The number of rotatable bonds is 3. The normalized spacial score (nSPS) is 11.4. The Morgan fingerprint density at radius 2 is 2.00 bits per heavy atom. The van der Waals surface area contributed by atoms with Crippen LogP contribution in [0.25, 0.3) is 0 Å². The van der Waals surface area contributed by atoms with Crippen LogP contribution in [0.5, 0.6) is 0 Å². The van der Waals surface area contributed by atoms with Crippen molar-refractivity contribution in [2.75, 3.05) is 10.5 Å². The molecule has 0 saturated carbocycles. The SMILES string of the molecule is Cc1c(Br)cccc1NS(=O)(=O)c1cc(N)cc(Cl)c1F. The molecule has 8 heteroatoms. The summed E-state index contributed by atoms with van der Waals surface area (Å²) in [6, 6.07) is 7.18. The highest BCUT2D eigenvalue weighted by Crippen LogP contribution is 2.29. The van der Waals surface area contributed by atoms with Gasteiger partial charge in [-0.15, -0.1) is 0 Å². The van der Waals surface area contributed by atoms with Gasteiger partial charge >= 0.3 is 0 Å². The Balaban J connectivity index is 2.51. The van der Waals surface area contributed by atoms with Crippen LogP contribution in [-0.2, 0) is 10.0 Å². The highest BCUT2D eigenvalue weighted by atomic mass is 79.9. The second kappa shape index (κ2) is 5.82. The van der Waals surface area contributed by atoms with Gasteiger partial charge in [-0.05, 0) is 36.8 Å². The number of anilines is 2. The maximum Gasteiger partial charge on any atom is 0.264 e. The van der Waals surface area contributed by atoms with E-state index in [0.717, 1.165) is 16.6 Å². The lowest BCUT2D eigenvalue weighted by molar-refractivity contribution is 0.571. The van der Waals surface area contributed by atoms with E-state index in [1.807, 2.05) is 0 Å². The minimum absolute atomic E-state index is 0.0627. The van der Waals surface area contributed by atoms with E-state index in [-0.39, 0.29) is 10.7 Å². The predicted molar refractivity (Wildman–Crippen MR) is 85.5 cm³/mol. The Bertz CT molecular complexity index is 812. The fourth-order valence-corrected chi connectivity index (χ4v) is 3.60. The molecular weight excluding hydrogens is 383 g/mol. The van der Waals surface area contributed by atoms with Crippen molar-refractivity contribution in [2.24, 2.45) is 0 Å². The van der Waals surface area contributed by atoms with Crippen LogP contribution in [0.4, 0.5) is 15.8 Å². The summed E-state index contributed by atoms with van der Waals surface area (Å²) in [4.78, 5) is -0.591. The average Bonchev–Trinajstić information content (AvgIpc) is 2.39. The summed E-state index contributed by atoms with van der Waals surface area (Å²) in [6.45, 7) is 1.73. The van der Waals surface area contributed by atoms with E-state index in [2.05, 4.69) is 20.7 Å². The molecule has 0 aliphatic heterocycles. The molecule has 0 fully saturated rings. The van der Waals surface area contributed by atoms with Crippen molar-refractivity contribution in [3.63, 3.8) is 0 Å². The molecule has 2 aromatic carbocycles. The first-order valence-corrected chi connectivity index (χ1v) is 8.40. The molecule has 0 aliphatic rings. The van der Waals surface area contributed by atoms with Crippen LogP contribution < -0.4 is 10.5 Å². The van der Waals surface area contributed by atoms with Crippen LogP contribution in [0, 0.1) is 12.7 Å². The second-order valence-corrected chi connectivity index (χ2v) is 7.25. The molecule has 0 unspecified atom stereocenters. The van der Waals surface area contributed by atoms with Gasteiger partial charge in [0.2, 0.25) is 0 Å². The minimum atomic E-state index is -4.14. The molecule has 2 rings (SSSR count). The van der Waals surface area contributed by atoms with Gasteiger partial charge in [0.05, 0.1) is 10.7 Å². The fraction of sp³-hybridized carbons (Fsp3) is 0.0769. The van der Waals surface area contributed by atoms with E-state index in [1.165, 1.54) is 0 Å². The summed E-state index contributed by atoms with van der Waals surface area (Å²) in [7, 11) is -4.14. The van der Waals surface area contributed by atoms with Crippen molar-refractivity contribution >= 4 is 48.9 Å². The Labute approximate surface area is 135 Å². The number of hydrogen-bond acceptors (Lipinski definition) is 3. The molecule has 0 bridgehead atoms. The zero-order chi connectivity index (χ0) is 15.8. The van der Waals surface area contributed by atoms with Crippen LogP contribution in [0.3, 0.4) is 0 Å². The van der Waals surface area contributed by atoms with Crippen molar-refractivity contribution in [1.29, 1.82) is 0 Å². The van der Waals surface area contributed by atoms with E-state index in [0.29, 0.717) is 11.3 Å². The first-order valence-electron chi connectivity index (χ1n) is 5.75. The molecule has 0 saturated heterocycles. The topological polar surface area (TPSA) is 72.2 Å². The number of nitrogen functional groups attached to an aromatic ring is 1. The van der Waals surface area contributed by atoms with Crippen molar-refractivity contribution < 1.29 is 12.8 Å². The summed E-state index contributed by atoms with van der Waals surface area (Å²) < 4.78 is 41.6. The lowest BCUT2D eigenvalue weighted by atomic mass is 10.2. The lowest BCUT2D eigenvalue weighted by Crippen LogP contribution is -2.16. The molecule has 4 nitrogen and oxygen atoms in total. The summed E-state index contributed by atoms with van der Waals surface area (Å²) in [5.74, 6) is -1.04. The number of sulfonamides is 1. The van der Waals surface area contributed by atoms with Crippen molar-refractivity contribution in [3.8, 4) is 0 Å². The van der Waals surface area contributed by atoms with Gasteiger partial charge in [0.15, 0.2) is 5.82 Å². The molecule has 0 heterocycles. The van der Waals surface area contributed by atoms with Gasteiger partial charge in [0, 0.05) is 10.2 Å². The van der Waals surface area contributed by atoms with E-state index in [9.17, 15) is 12.8 Å². The number of nitrogens with two attached hydrogens (primary N) is 1. The maximum atomic E-state index is 13.9. The van der Waals surface area contributed by atoms with Gasteiger partial charge in [0.25, 0.3) is 10.0 Å². The highest BCUT2D eigenvalue weighted by molar-refractivity contribution is 9.10. The third kappa shape index (κ3) is 3.30. The summed E-state index contributed by atoms with van der Waals surface area (Å²) >= 11 is 8.93. The molecule has 0 amide bonds. The zero-order valence-corrected chi connectivity index (χ0v) is 14.0. The monoisotopic (exact) mass is 392 g/mol. The number of halogens is 3. The molecule has 21 heavy (non-hydrogen) atoms. The molecule has 0 radical (unpaired) electrons. The van der Waals surface area contributed by atoms with Crippen LogP contribution in [-0.4, -0.2) is 8.42 Å². The lowest BCUT2D eigenvalue weighted by Gasteiger charge is -2.13. The summed E-state index contributed by atoms with van der Waals surface area (Å²) in [5, 5.41) is -0.346. The maximum absolute atomic E-state index is 13.9. The molecule has 0 aromatic heterocycles. The van der Waals surface area contributed by atoms with Crippen molar-refractivity contribution in [2.45, 2.75) is 11.8 Å². The van der Waals surface area contributed by atoms with Gasteiger partial charge in [-0.3, -0.25) is 4.72 Å². The molecule has 0 aliphatic carbocycles. The average molecular weight is 394 g/mol. The Hall–Kier alpha value is -1.31. The fourth-order valence-electron chi connectivity index (χ4n) is 1.70. The molecule has 0 spiro atoms. The van der Waals surface area contributed by atoms with Gasteiger partial charge in [0.1, 0.15) is 4.90 Å². The predicted octanol–water partition coefficient (Wildman–Crippen LogP) is 3.93. The Morgan fingerprint density at radius 3 is 2.67 bits per heavy atom. The Morgan fingerprint density at radius 1 is 1.33 bits per heavy atom. The van der Waals surface area contributed by atoms with E-state index in [1.54, 1.807) is 25.1 Å². The summed E-state index contributed by atoms with van der Waals surface area (Å²) in [6.07, 6.45) is 0. The standard InChI is InChI=1S/C13H11BrClFN2O2S/c1-7-9(14)3-2-4-11(7)18-21(19,20)12-6-8(17)5-10(15)13(12)16/h2-6,18H,17H2,1H3. The van der Waals surface area contributed by atoms with Crippen LogP contribution in [0.1, 0.15) is 5.56 Å². The molecule has 112 valence electrons. The molecule has 0 atom stereocenters. The van der Waals surface area contributed by atoms with Crippen LogP contribution >= 0.6 is 27.5 Å². The summed E-state index contributed by atoms with van der Waals surface area (Å²) in [5.41, 5.74) is 6.60. The highest BCUT2D eigenvalue weighted by Gasteiger charge is 2.23. The van der Waals surface area contributed by atoms with Gasteiger partial charge < -0.3 is 5.73 Å². The van der Waals surface area contributed by atoms with Crippen LogP contribution in [0.15, 0.2) is 39.7 Å². The van der Waals surface area contributed by atoms with Crippen molar-refractivity contribution in [3.05, 3.63) is 51.2 Å². The van der Waals surface area contributed by atoms with E-state index < -0.39 is 20.7 Å². The number of benzene rings is 2. The molecule has 3 N–H and O–H groups in total. The van der Waals surface area contributed by atoms with Crippen LogP contribution in [0.2, 0.25) is 5.02 Å². The minimum Gasteiger partial charge on any atom is -0.399 e. The Kier molecular flexibility index (Phi) is 4.46. The third-order valence-corrected chi connectivity index (χ3v) is 5.32. The quantitative estimate of drug-likeness (QED) is 0.776. The van der Waals surface area contributed by atoms with E-state index in [4.69, 9.17) is 17.3 Å². The van der Waals surface area contributed by atoms with Gasteiger partial charge in [-0.2, -0.15) is 0 Å². The number of hydrogen-bond donors (Lipinski definition) is 2. The van der Waals surface area contributed by atoms with Gasteiger partial charge in [-0.1, -0.05) is 33.6 Å². The smallest absolute Gasteiger partial charge is 0.264 e. The molecular formula is C13H11BrClFN2O2S. The van der Waals surface area contributed by atoms with Crippen molar-refractivity contribution in [1.82, 2.24) is 0 Å². The first kappa shape index (κ1) is 16.1. The third-order valence-electron chi connectivity index (χ3n) is 2.82. The number of nitrogens with one attached hydrogen (secondary N) is 1. The first-order chi connectivity index (χ1) is 9.72. The van der Waals surface area contributed by atoms with Gasteiger partial charge in [-0.25, -0.2) is 12.8 Å². The zero-order valence-electron chi connectivity index (χ0n) is 10.8. The van der Waals surface area contributed by atoms with E-state index >= 15 is 0 Å². The molecule has 2 aromatic rings. The largest absolute Gasteiger partial charge is 0.399 e. The second-order valence-electron chi connectivity index (χ2n) is 4.33.